The highest BCUT2D eigenvalue weighted by Crippen LogP contribution is 2.32. The zero-order chi connectivity index (χ0) is 16.5. The topological polar surface area (TPSA) is 49.2 Å². The van der Waals surface area contributed by atoms with Crippen LogP contribution in [0.15, 0.2) is 61.1 Å². The molecule has 4 rings (SSSR count). The van der Waals surface area contributed by atoms with Gasteiger partial charge in [0.2, 0.25) is 0 Å². The lowest BCUT2D eigenvalue weighted by Gasteiger charge is -2.21. The van der Waals surface area contributed by atoms with Gasteiger partial charge in [0.05, 0.1) is 5.69 Å². The van der Waals surface area contributed by atoms with Gasteiger partial charge in [-0.3, -0.25) is 14.9 Å². The zero-order valence-corrected chi connectivity index (χ0v) is 13.6. The first-order valence-electron chi connectivity index (χ1n) is 8.08. The van der Waals surface area contributed by atoms with Crippen LogP contribution in [0, 0.1) is 6.92 Å². The van der Waals surface area contributed by atoms with Crippen molar-refractivity contribution in [2.24, 2.45) is 0 Å². The maximum Gasteiger partial charge on any atom is 0.151 e. The number of hydrogen-bond acceptors (Lipinski definition) is 4. The lowest BCUT2D eigenvalue weighted by molar-refractivity contribution is 0.00508. The van der Waals surface area contributed by atoms with Gasteiger partial charge in [-0.15, -0.1) is 0 Å². The molecule has 0 radical (unpaired) electrons. The normalized spacial score (nSPS) is 17.0. The Labute approximate surface area is 141 Å². The number of benzene rings is 1. The highest BCUT2D eigenvalue weighted by molar-refractivity contribution is 5.63. The van der Waals surface area contributed by atoms with Gasteiger partial charge in [-0.05, 0) is 46.9 Å². The molecule has 2 aromatic heterocycles. The number of hydrogen-bond donors (Lipinski definition) is 1. The Bertz CT molecular complexity index is 864. The average molecular weight is 317 g/mol. The predicted octanol–water partition coefficient (Wildman–Crippen LogP) is 3.46. The van der Waals surface area contributed by atoms with E-state index in [4.69, 9.17) is 0 Å². The lowest BCUT2D eigenvalue weighted by Crippen LogP contribution is -2.22. The third-order valence-electron chi connectivity index (χ3n) is 4.60. The fourth-order valence-electron chi connectivity index (χ4n) is 3.24. The van der Waals surface area contributed by atoms with Crippen LogP contribution in [0.25, 0.3) is 11.1 Å². The maximum absolute atomic E-state index is 10.5. The van der Waals surface area contributed by atoms with Crippen molar-refractivity contribution in [1.82, 2.24) is 14.9 Å². The largest absolute Gasteiger partial charge is 0.372 e. The van der Waals surface area contributed by atoms with Crippen LogP contribution in [0.5, 0.6) is 0 Å². The van der Waals surface area contributed by atoms with Gasteiger partial charge in [0.1, 0.15) is 0 Å². The van der Waals surface area contributed by atoms with Crippen LogP contribution < -0.4 is 0 Å². The van der Waals surface area contributed by atoms with Gasteiger partial charge in [0, 0.05) is 31.7 Å². The summed E-state index contributed by atoms with van der Waals surface area (Å²) in [6, 6.07) is 14.4. The van der Waals surface area contributed by atoms with Gasteiger partial charge < -0.3 is 5.11 Å². The minimum atomic E-state index is -0.626. The molecule has 1 aliphatic rings. The molecule has 3 aromatic rings. The van der Waals surface area contributed by atoms with Crippen LogP contribution in [0.2, 0.25) is 0 Å². The van der Waals surface area contributed by atoms with Crippen molar-refractivity contribution in [1.29, 1.82) is 0 Å². The molecule has 0 fully saturated rings. The third kappa shape index (κ3) is 2.70. The van der Waals surface area contributed by atoms with Crippen molar-refractivity contribution in [2.75, 3.05) is 0 Å². The van der Waals surface area contributed by atoms with E-state index in [1.807, 2.05) is 29.3 Å². The van der Waals surface area contributed by atoms with Crippen molar-refractivity contribution in [3.8, 4) is 11.1 Å². The van der Waals surface area contributed by atoms with Crippen molar-refractivity contribution < 1.29 is 5.11 Å². The Hall–Kier alpha value is -2.56. The van der Waals surface area contributed by atoms with Crippen LogP contribution in [-0.2, 0) is 13.1 Å². The molecule has 1 N–H and O–H groups in total. The van der Waals surface area contributed by atoms with E-state index >= 15 is 0 Å². The number of aliphatic hydroxyl groups excluding tert-OH is 1. The van der Waals surface area contributed by atoms with Gasteiger partial charge in [-0.25, -0.2) is 0 Å². The number of aryl methyl sites for hydroxylation is 1. The van der Waals surface area contributed by atoms with Crippen LogP contribution in [0.4, 0.5) is 0 Å². The van der Waals surface area contributed by atoms with Gasteiger partial charge in [0.15, 0.2) is 6.23 Å². The van der Waals surface area contributed by atoms with Crippen LogP contribution in [-0.4, -0.2) is 20.0 Å². The highest BCUT2D eigenvalue weighted by atomic mass is 16.3. The molecular weight excluding hydrogens is 298 g/mol. The minimum absolute atomic E-state index is 0.626. The number of aromatic nitrogens is 2. The fraction of sp³-hybridized carbons (Fsp3) is 0.200. The van der Waals surface area contributed by atoms with E-state index < -0.39 is 6.23 Å². The third-order valence-corrected chi connectivity index (χ3v) is 4.60. The Morgan fingerprint density at radius 2 is 2.00 bits per heavy atom. The first-order chi connectivity index (χ1) is 11.7. The molecule has 3 heterocycles. The Morgan fingerprint density at radius 1 is 1.12 bits per heavy atom. The summed E-state index contributed by atoms with van der Waals surface area (Å²) in [6.07, 6.45) is 4.77. The molecule has 0 bridgehead atoms. The molecule has 120 valence electrons. The first-order valence-corrected chi connectivity index (χ1v) is 8.08. The van der Waals surface area contributed by atoms with Gasteiger partial charge in [-0.2, -0.15) is 0 Å². The number of pyridine rings is 2. The molecule has 0 saturated carbocycles. The van der Waals surface area contributed by atoms with Crippen LogP contribution in [0.1, 0.15) is 28.6 Å². The second-order valence-electron chi connectivity index (χ2n) is 6.21. The van der Waals surface area contributed by atoms with E-state index in [0.29, 0.717) is 6.54 Å². The number of fused-ring (bicyclic) bond motifs is 1. The number of rotatable bonds is 3. The highest BCUT2D eigenvalue weighted by Gasteiger charge is 2.29. The molecular formula is C20H19N3O. The Kier molecular flexibility index (Phi) is 3.84. The molecule has 4 nitrogen and oxygen atoms in total. The molecule has 1 atom stereocenters. The van der Waals surface area contributed by atoms with Crippen molar-refractivity contribution in [3.05, 3.63) is 83.4 Å². The predicted molar refractivity (Wildman–Crippen MR) is 92.9 cm³/mol. The van der Waals surface area contributed by atoms with Crippen LogP contribution in [0.3, 0.4) is 0 Å². The summed E-state index contributed by atoms with van der Waals surface area (Å²) in [4.78, 5) is 10.5. The summed E-state index contributed by atoms with van der Waals surface area (Å²) in [6.45, 7) is 3.55. The molecule has 1 aromatic carbocycles. The molecule has 24 heavy (non-hydrogen) atoms. The molecule has 0 amide bonds. The summed E-state index contributed by atoms with van der Waals surface area (Å²) in [5, 5.41) is 10.5. The van der Waals surface area contributed by atoms with Gasteiger partial charge >= 0.3 is 0 Å². The monoisotopic (exact) mass is 317 g/mol. The van der Waals surface area contributed by atoms with Crippen molar-refractivity contribution >= 4 is 0 Å². The molecule has 4 heteroatoms. The second kappa shape index (κ2) is 6.15. The second-order valence-corrected chi connectivity index (χ2v) is 6.21. The quantitative estimate of drug-likeness (QED) is 0.804. The molecule has 1 unspecified atom stereocenters. The van der Waals surface area contributed by atoms with E-state index in [1.165, 1.54) is 11.1 Å². The molecule has 0 saturated heterocycles. The maximum atomic E-state index is 10.5. The summed E-state index contributed by atoms with van der Waals surface area (Å²) in [7, 11) is 0. The lowest BCUT2D eigenvalue weighted by atomic mass is 10.0. The summed E-state index contributed by atoms with van der Waals surface area (Å²) in [5.74, 6) is 0. The van der Waals surface area contributed by atoms with Gasteiger partial charge in [0.25, 0.3) is 0 Å². The van der Waals surface area contributed by atoms with Crippen LogP contribution >= 0.6 is 0 Å². The first kappa shape index (κ1) is 15.0. The smallest absolute Gasteiger partial charge is 0.151 e. The molecule has 1 aliphatic heterocycles. The van der Waals surface area contributed by atoms with E-state index in [2.05, 4.69) is 41.2 Å². The average Bonchev–Trinajstić information content (AvgIpc) is 2.94. The number of nitrogens with zero attached hydrogens (tertiary/aromatic N) is 3. The SMILES string of the molecule is Cc1cc(-c2cccnc2)ccc1CN1Cc2cccnc2C1O. The van der Waals surface area contributed by atoms with Crippen molar-refractivity contribution in [2.45, 2.75) is 26.2 Å². The zero-order valence-electron chi connectivity index (χ0n) is 13.6. The van der Waals surface area contributed by atoms with E-state index in [9.17, 15) is 5.11 Å². The summed E-state index contributed by atoms with van der Waals surface area (Å²) >= 11 is 0. The molecule has 0 spiro atoms. The summed E-state index contributed by atoms with van der Waals surface area (Å²) in [5.41, 5.74) is 6.60. The fourth-order valence-corrected chi connectivity index (χ4v) is 3.24. The van der Waals surface area contributed by atoms with E-state index in [1.54, 1.807) is 12.4 Å². The van der Waals surface area contributed by atoms with Gasteiger partial charge in [-0.1, -0.05) is 30.3 Å². The number of aliphatic hydroxyl groups is 1. The Balaban J connectivity index is 1.56. The standard InChI is InChI=1S/C20H19N3O/c1-14-10-15(16-4-2-8-21-11-16)6-7-17(14)12-23-13-18-5-3-9-22-19(18)20(23)24/h2-11,20,24H,12-13H2,1H3. The molecule has 0 aliphatic carbocycles. The Morgan fingerprint density at radius 3 is 2.75 bits per heavy atom. The minimum Gasteiger partial charge on any atom is -0.372 e. The van der Waals surface area contributed by atoms with E-state index in [0.717, 1.165) is 28.9 Å². The van der Waals surface area contributed by atoms with E-state index in [-0.39, 0.29) is 0 Å². The summed E-state index contributed by atoms with van der Waals surface area (Å²) < 4.78 is 0. The van der Waals surface area contributed by atoms with Crippen molar-refractivity contribution in [3.63, 3.8) is 0 Å².